The summed E-state index contributed by atoms with van der Waals surface area (Å²) in [6.07, 6.45) is 6.73. The molecule has 1 heteroatoms. The Morgan fingerprint density at radius 1 is 1.25 bits per heavy atom. The van der Waals surface area contributed by atoms with Crippen molar-refractivity contribution in [2.45, 2.75) is 44.6 Å². The third kappa shape index (κ3) is 0.736. The van der Waals surface area contributed by atoms with Crippen LogP contribution in [0.3, 0.4) is 0 Å². The van der Waals surface area contributed by atoms with Gasteiger partial charge in [-0.2, -0.15) is 0 Å². The Hall–Kier alpha value is -0.0400. The molecule has 0 aromatic carbocycles. The highest BCUT2D eigenvalue weighted by Crippen LogP contribution is 2.62. The number of fused-ring (bicyclic) bond motifs is 5. The van der Waals surface area contributed by atoms with Crippen molar-refractivity contribution < 1.29 is 5.11 Å². The predicted octanol–water partition coefficient (Wildman–Crippen LogP) is 2.19. The summed E-state index contributed by atoms with van der Waals surface area (Å²) in [4.78, 5) is 0. The van der Waals surface area contributed by atoms with Gasteiger partial charge in [0.15, 0.2) is 0 Å². The molecular formula is C11H18O. The minimum Gasteiger partial charge on any atom is -0.390 e. The van der Waals surface area contributed by atoms with E-state index in [0.717, 1.165) is 24.2 Å². The average molecular weight is 166 g/mol. The first kappa shape index (κ1) is 7.37. The van der Waals surface area contributed by atoms with E-state index in [1.54, 1.807) is 0 Å². The van der Waals surface area contributed by atoms with Crippen LogP contribution in [0.1, 0.15) is 39.0 Å². The Morgan fingerprint density at radius 3 is 2.83 bits per heavy atom. The van der Waals surface area contributed by atoms with E-state index in [1.807, 2.05) is 0 Å². The van der Waals surface area contributed by atoms with Crippen LogP contribution in [0.25, 0.3) is 0 Å². The van der Waals surface area contributed by atoms with Crippen LogP contribution in [0.4, 0.5) is 0 Å². The van der Waals surface area contributed by atoms with Crippen LogP contribution in [0.15, 0.2) is 0 Å². The van der Waals surface area contributed by atoms with Gasteiger partial charge in [0.1, 0.15) is 0 Å². The Labute approximate surface area is 74.2 Å². The SMILES string of the molecule is C[C@@]1(O)C[C@H]2C[C@@H]1[C@H]1CCC[C@@H]21. The molecule has 0 aliphatic heterocycles. The molecule has 1 N–H and O–H groups in total. The van der Waals surface area contributed by atoms with Crippen molar-refractivity contribution in [3.05, 3.63) is 0 Å². The molecule has 2 bridgehead atoms. The molecule has 68 valence electrons. The Balaban J connectivity index is 1.93. The van der Waals surface area contributed by atoms with Crippen LogP contribution in [-0.4, -0.2) is 10.7 Å². The zero-order valence-electron chi connectivity index (χ0n) is 7.79. The summed E-state index contributed by atoms with van der Waals surface area (Å²) in [6.45, 7) is 2.06. The van der Waals surface area contributed by atoms with Gasteiger partial charge in [-0.15, -0.1) is 0 Å². The van der Waals surface area contributed by atoms with Gasteiger partial charge in [-0.3, -0.25) is 0 Å². The molecule has 5 atom stereocenters. The van der Waals surface area contributed by atoms with Gasteiger partial charge in [-0.25, -0.2) is 0 Å². The van der Waals surface area contributed by atoms with Crippen molar-refractivity contribution in [3.63, 3.8) is 0 Å². The summed E-state index contributed by atoms with van der Waals surface area (Å²) in [7, 11) is 0. The maximum atomic E-state index is 10.1. The lowest BCUT2D eigenvalue weighted by Gasteiger charge is -2.36. The lowest BCUT2D eigenvalue weighted by atomic mass is 9.74. The predicted molar refractivity (Wildman–Crippen MR) is 47.7 cm³/mol. The number of rotatable bonds is 0. The second-order valence-electron chi connectivity index (χ2n) is 5.42. The summed E-state index contributed by atoms with van der Waals surface area (Å²) in [5.41, 5.74) is -0.295. The first-order chi connectivity index (χ1) is 5.68. The van der Waals surface area contributed by atoms with E-state index < -0.39 is 0 Å². The molecule has 0 aromatic rings. The Morgan fingerprint density at radius 2 is 2.00 bits per heavy atom. The van der Waals surface area contributed by atoms with Crippen LogP contribution in [0, 0.1) is 23.7 Å². The van der Waals surface area contributed by atoms with E-state index in [4.69, 9.17) is 0 Å². The average Bonchev–Trinajstić information content (AvgIpc) is 2.53. The molecule has 3 saturated carbocycles. The minimum atomic E-state index is -0.295. The van der Waals surface area contributed by atoms with E-state index in [1.165, 1.54) is 25.7 Å². The smallest absolute Gasteiger partial charge is 0.0653 e. The van der Waals surface area contributed by atoms with E-state index >= 15 is 0 Å². The van der Waals surface area contributed by atoms with Crippen molar-refractivity contribution in [1.29, 1.82) is 0 Å². The van der Waals surface area contributed by atoms with Gasteiger partial charge in [0.05, 0.1) is 5.60 Å². The minimum absolute atomic E-state index is 0.295. The third-order valence-electron chi connectivity index (χ3n) is 4.78. The molecule has 3 aliphatic rings. The fraction of sp³-hybridized carbons (Fsp3) is 1.00. The monoisotopic (exact) mass is 166 g/mol. The van der Waals surface area contributed by atoms with Crippen LogP contribution in [0.2, 0.25) is 0 Å². The summed E-state index contributed by atoms with van der Waals surface area (Å²) in [6, 6.07) is 0. The largest absolute Gasteiger partial charge is 0.390 e. The summed E-state index contributed by atoms with van der Waals surface area (Å²) >= 11 is 0. The van der Waals surface area contributed by atoms with Crippen molar-refractivity contribution in [1.82, 2.24) is 0 Å². The van der Waals surface area contributed by atoms with Gasteiger partial charge < -0.3 is 5.11 Å². The highest BCUT2D eigenvalue weighted by Gasteiger charge is 2.58. The topological polar surface area (TPSA) is 20.2 Å². The van der Waals surface area contributed by atoms with E-state index in [-0.39, 0.29) is 5.60 Å². The van der Waals surface area contributed by atoms with Gasteiger partial charge in [0.25, 0.3) is 0 Å². The van der Waals surface area contributed by atoms with Crippen LogP contribution >= 0.6 is 0 Å². The highest BCUT2D eigenvalue weighted by atomic mass is 16.3. The quantitative estimate of drug-likeness (QED) is 0.585. The second-order valence-corrected chi connectivity index (χ2v) is 5.42. The first-order valence-corrected chi connectivity index (χ1v) is 5.41. The van der Waals surface area contributed by atoms with Crippen LogP contribution in [0.5, 0.6) is 0 Å². The van der Waals surface area contributed by atoms with E-state index in [9.17, 15) is 5.11 Å². The molecule has 0 amide bonds. The lowest BCUT2D eigenvalue weighted by molar-refractivity contribution is -0.0295. The number of hydrogen-bond donors (Lipinski definition) is 1. The highest BCUT2D eigenvalue weighted by molar-refractivity contribution is 5.08. The van der Waals surface area contributed by atoms with Crippen molar-refractivity contribution >= 4 is 0 Å². The Kier molecular flexibility index (Phi) is 1.27. The zero-order valence-corrected chi connectivity index (χ0v) is 7.79. The number of hydrogen-bond acceptors (Lipinski definition) is 1. The lowest BCUT2D eigenvalue weighted by Crippen LogP contribution is -2.38. The third-order valence-corrected chi connectivity index (χ3v) is 4.78. The molecule has 0 radical (unpaired) electrons. The molecule has 12 heavy (non-hydrogen) atoms. The van der Waals surface area contributed by atoms with Crippen molar-refractivity contribution in [2.75, 3.05) is 0 Å². The Bertz CT molecular complexity index is 209. The van der Waals surface area contributed by atoms with Gasteiger partial charge in [-0.05, 0) is 56.3 Å². The van der Waals surface area contributed by atoms with Crippen molar-refractivity contribution in [3.8, 4) is 0 Å². The molecule has 3 fully saturated rings. The maximum Gasteiger partial charge on any atom is 0.0653 e. The summed E-state index contributed by atoms with van der Waals surface area (Å²) < 4.78 is 0. The normalized spacial score (nSPS) is 62.5. The molecule has 0 unspecified atom stereocenters. The maximum absolute atomic E-state index is 10.1. The molecule has 0 spiro atoms. The first-order valence-electron chi connectivity index (χ1n) is 5.41. The molecule has 3 aliphatic carbocycles. The molecule has 0 saturated heterocycles. The standard InChI is InChI=1S/C11H18O/c1-11(12)6-7-5-10(11)9-4-2-3-8(7)9/h7-10,12H,2-6H2,1H3/t7-,8+,9+,10-,11-/m1/s1. The van der Waals surface area contributed by atoms with Gasteiger partial charge >= 0.3 is 0 Å². The zero-order chi connectivity index (χ0) is 8.34. The van der Waals surface area contributed by atoms with Crippen LogP contribution in [-0.2, 0) is 0 Å². The van der Waals surface area contributed by atoms with E-state index in [2.05, 4.69) is 6.92 Å². The molecule has 0 aromatic heterocycles. The second kappa shape index (κ2) is 2.06. The summed E-state index contributed by atoms with van der Waals surface area (Å²) in [5.74, 6) is 3.46. The van der Waals surface area contributed by atoms with E-state index in [0.29, 0.717) is 5.92 Å². The summed E-state index contributed by atoms with van der Waals surface area (Å²) in [5, 5.41) is 10.1. The van der Waals surface area contributed by atoms with Gasteiger partial charge in [0.2, 0.25) is 0 Å². The molecule has 3 rings (SSSR count). The molecule has 0 heterocycles. The fourth-order valence-electron chi connectivity index (χ4n) is 4.41. The fourth-order valence-corrected chi connectivity index (χ4v) is 4.41. The van der Waals surface area contributed by atoms with Crippen molar-refractivity contribution in [2.24, 2.45) is 23.7 Å². The number of aliphatic hydroxyl groups is 1. The molecule has 1 nitrogen and oxygen atoms in total. The van der Waals surface area contributed by atoms with Crippen LogP contribution < -0.4 is 0 Å². The molecular weight excluding hydrogens is 148 g/mol. The van der Waals surface area contributed by atoms with Gasteiger partial charge in [-0.1, -0.05) is 6.42 Å². The van der Waals surface area contributed by atoms with Gasteiger partial charge in [0, 0.05) is 0 Å².